The molecule has 1 unspecified atom stereocenters. The van der Waals surface area contributed by atoms with Crippen LogP contribution in [-0.4, -0.2) is 27.6 Å². The number of Topliss-reactive ketones (excluding diaryl/α,β-unsaturated/α-hetero) is 2. The number of carbonyl (C=O) groups excluding carboxylic acids is 2. The van der Waals surface area contributed by atoms with E-state index in [0.717, 1.165) is 0 Å². The van der Waals surface area contributed by atoms with Crippen LogP contribution in [0, 0.1) is 10.1 Å². The smallest absolute Gasteiger partial charge is 0.269 e. The third kappa shape index (κ3) is 4.56. The van der Waals surface area contributed by atoms with Crippen molar-refractivity contribution >= 4 is 22.9 Å². The van der Waals surface area contributed by atoms with E-state index in [1.807, 2.05) is 0 Å². The first-order valence-corrected chi connectivity index (χ1v) is 8.54. The molecule has 0 bridgehead atoms. The van der Waals surface area contributed by atoms with Gasteiger partial charge in [-0.25, -0.2) is 0 Å². The first-order chi connectivity index (χ1) is 14.0. The van der Waals surface area contributed by atoms with Gasteiger partial charge >= 0.3 is 0 Å². The Labute approximate surface area is 165 Å². The second-order valence-electron chi connectivity index (χ2n) is 6.00. The fourth-order valence-corrected chi connectivity index (χ4v) is 2.58. The Morgan fingerprint density at radius 1 is 0.862 bits per heavy atom. The van der Waals surface area contributed by atoms with Crippen LogP contribution in [0.3, 0.4) is 0 Å². The van der Waals surface area contributed by atoms with Crippen LogP contribution in [0.5, 0.6) is 5.75 Å². The molecule has 1 atom stereocenters. The van der Waals surface area contributed by atoms with Crippen LogP contribution in [0.4, 0.5) is 11.4 Å². The Kier molecular flexibility index (Phi) is 5.84. The fourth-order valence-electron chi connectivity index (χ4n) is 2.58. The average molecular weight is 389 g/mol. The molecule has 3 aromatic carbocycles. The Morgan fingerprint density at radius 3 is 2.10 bits per heavy atom. The van der Waals surface area contributed by atoms with Crippen molar-refractivity contribution in [1.82, 2.24) is 0 Å². The van der Waals surface area contributed by atoms with Crippen LogP contribution in [0.1, 0.15) is 20.7 Å². The number of hydrogen-bond acceptors (Lipinski definition) is 7. The summed E-state index contributed by atoms with van der Waals surface area (Å²) >= 11 is 0. The maximum Gasteiger partial charge on any atom is 0.269 e. The lowest BCUT2D eigenvalue weighted by molar-refractivity contribution is -0.384. The van der Waals surface area contributed by atoms with Crippen molar-refractivity contribution in [3.05, 3.63) is 100 Å². The van der Waals surface area contributed by atoms with Gasteiger partial charge in [0.1, 0.15) is 5.75 Å². The van der Waals surface area contributed by atoms with Crippen LogP contribution >= 0.6 is 0 Å². The molecule has 0 saturated carbocycles. The van der Waals surface area contributed by atoms with Crippen molar-refractivity contribution in [2.75, 3.05) is 0 Å². The third-order valence-electron chi connectivity index (χ3n) is 4.07. The number of carbonyl (C=O) groups is 2. The maximum atomic E-state index is 12.9. The van der Waals surface area contributed by atoms with Gasteiger partial charge in [0.25, 0.3) is 5.69 Å². The quantitative estimate of drug-likeness (QED) is 0.209. The standard InChI is InChI=1S/C21H15N3O5/c25-18-9-5-4-8-17(18)21(27)19(23-22-15-6-2-1-3-7-15)20(26)14-10-12-16(13-11-14)24(28)29/h1-13,19,25H. The Balaban J connectivity index is 1.98. The number of nitro benzene ring substituents is 1. The van der Waals surface area contributed by atoms with Crippen molar-refractivity contribution < 1.29 is 19.6 Å². The molecule has 0 spiro atoms. The lowest BCUT2D eigenvalue weighted by Gasteiger charge is -2.11. The number of aromatic hydroxyl groups is 1. The number of rotatable bonds is 7. The Bertz CT molecular complexity index is 1080. The summed E-state index contributed by atoms with van der Waals surface area (Å²) in [4.78, 5) is 36.1. The number of nitro groups is 1. The highest BCUT2D eigenvalue weighted by Crippen LogP contribution is 2.23. The minimum absolute atomic E-state index is 0.0661. The molecular weight excluding hydrogens is 374 g/mol. The number of azo groups is 1. The van der Waals surface area contributed by atoms with Crippen LogP contribution in [0.2, 0.25) is 0 Å². The minimum atomic E-state index is -1.55. The van der Waals surface area contributed by atoms with Gasteiger partial charge in [-0.3, -0.25) is 19.7 Å². The lowest BCUT2D eigenvalue weighted by Crippen LogP contribution is -2.28. The van der Waals surface area contributed by atoms with E-state index in [1.54, 1.807) is 42.5 Å². The van der Waals surface area contributed by atoms with Gasteiger partial charge in [-0.05, 0) is 36.4 Å². The largest absolute Gasteiger partial charge is 0.507 e. The maximum absolute atomic E-state index is 12.9. The van der Waals surface area contributed by atoms with E-state index < -0.39 is 22.5 Å². The average Bonchev–Trinajstić information content (AvgIpc) is 2.74. The summed E-state index contributed by atoms with van der Waals surface area (Å²) in [7, 11) is 0. The van der Waals surface area contributed by atoms with E-state index in [1.165, 1.54) is 36.4 Å². The summed E-state index contributed by atoms with van der Waals surface area (Å²) in [5.74, 6) is -1.70. The Hall–Kier alpha value is -4.20. The predicted octanol–water partition coefficient (Wildman–Crippen LogP) is 4.52. The van der Waals surface area contributed by atoms with Crippen molar-refractivity contribution in [2.45, 2.75) is 6.04 Å². The molecule has 0 aliphatic rings. The molecule has 0 aromatic heterocycles. The van der Waals surface area contributed by atoms with Crippen molar-refractivity contribution in [1.29, 1.82) is 0 Å². The van der Waals surface area contributed by atoms with E-state index in [9.17, 15) is 24.8 Å². The first-order valence-electron chi connectivity index (χ1n) is 8.54. The third-order valence-corrected chi connectivity index (χ3v) is 4.07. The second-order valence-corrected chi connectivity index (χ2v) is 6.00. The number of non-ortho nitro benzene ring substituents is 1. The van der Waals surface area contributed by atoms with E-state index >= 15 is 0 Å². The summed E-state index contributed by atoms with van der Waals surface area (Å²) < 4.78 is 0. The van der Waals surface area contributed by atoms with Gasteiger partial charge in [0.15, 0.2) is 11.8 Å². The fraction of sp³-hybridized carbons (Fsp3) is 0.0476. The number of hydrogen-bond donors (Lipinski definition) is 1. The number of phenols is 1. The van der Waals surface area contributed by atoms with Gasteiger partial charge < -0.3 is 5.11 Å². The second kappa shape index (κ2) is 8.66. The number of para-hydroxylation sites is 1. The van der Waals surface area contributed by atoms with Crippen LogP contribution in [-0.2, 0) is 0 Å². The summed E-state index contributed by atoms with van der Waals surface area (Å²) in [6, 6.07) is 17.7. The van der Waals surface area contributed by atoms with Crippen molar-refractivity contribution in [2.24, 2.45) is 10.2 Å². The molecule has 0 aliphatic carbocycles. The molecule has 1 N–H and O–H groups in total. The highest BCUT2D eigenvalue weighted by Gasteiger charge is 2.30. The van der Waals surface area contributed by atoms with E-state index in [2.05, 4.69) is 10.2 Å². The predicted molar refractivity (Wildman–Crippen MR) is 105 cm³/mol. The molecule has 0 fully saturated rings. The number of benzene rings is 3. The monoisotopic (exact) mass is 389 g/mol. The van der Waals surface area contributed by atoms with Gasteiger partial charge in [0.2, 0.25) is 5.78 Å². The minimum Gasteiger partial charge on any atom is -0.507 e. The van der Waals surface area contributed by atoms with Crippen molar-refractivity contribution in [3.63, 3.8) is 0 Å². The molecule has 0 heterocycles. The van der Waals surface area contributed by atoms with Gasteiger partial charge in [-0.1, -0.05) is 30.3 Å². The summed E-state index contributed by atoms with van der Waals surface area (Å²) in [6.45, 7) is 0. The van der Waals surface area contributed by atoms with Crippen LogP contribution in [0.25, 0.3) is 0 Å². The molecule has 8 heteroatoms. The summed E-state index contributed by atoms with van der Waals surface area (Å²) in [6.07, 6.45) is 0. The zero-order chi connectivity index (χ0) is 20.8. The van der Waals surface area contributed by atoms with Gasteiger partial charge in [-0.15, -0.1) is 0 Å². The highest BCUT2D eigenvalue weighted by atomic mass is 16.6. The van der Waals surface area contributed by atoms with Crippen LogP contribution in [0.15, 0.2) is 89.1 Å². The molecule has 0 saturated heterocycles. The number of phenolic OH excluding ortho intramolecular Hbond substituents is 1. The highest BCUT2D eigenvalue weighted by molar-refractivity contribution is 6.20. The summed E-state index contributed by atoms with van der Waals surface area (Å²) in [5, 5.41) is 28.7. The number of nitrogens with zero attached hydrogens (tertiary/aromatic N) is 3. The molecule has 3 rings (SSSR count). The Morgan fingerprint density at radius 2 is 1.48 bits per heavy atom. The topological polar surface area (TPSA) is 122 Å². The zero-order valence-electron chi connectivity index (χ0n) is 15.0. The molecule has 0 aliphatic heterocycles. The molecule has 0 radical (unpaired) electrons. The van der Waals surface area contributed by atoms with Gasteiger partial charge in [-0.2, -0.15) is 10.2 Å². The summed E-state index contributed by atoms with van der Waals surface area (Å²) in [5.41, 5.74) is 0.256. The van der Waals surface area contributed by atoms with Gasteiger partial charge in [0, 0.05) is 17.7 Å². The lowest BCUT2D eigenvalue weighted by atomic mass is 9.96. The molecule has 3 aromatic rings. The first kappa shape index (κ1) is 19.6. The molecule has 8 nitrogen and oxygen atoms in total. The molecular formula is C21H15N3O5. The molecule has 0 amide bonds. The SMILES string of the molecule is O=C(c1ccc([N+](=O)[O-])cc1)C(N=Nc1ccccc1)C(=O)c1ccccc1O. The molecule has 29 heavy (non-hydrogen) atoms. The van der Waals surface area contributed by atoms with Crippen molar-refractivity contribution in [3.8, 4) is 5.75 Å². The zero-order valence-corrected chi connectivity index (χ0v) is 15.0. The molecule has 144 valence electrons. The number of ketones is 2. The normalized spacial score (nSPS) is 11.9. The van der Waals surface area contributed by atoms with Crippen LogP contribution < -0.4 is 0 Å². The van der Waals surface area contributed by atoms with Gasteiger partial charge in [0.05, 0.1) is 16.2 Å². The van der Waals surface area contributed by atoms with E-state index in [-0.39, 0.29) is 22.6 Å². The van der Waals surface area contributed by atoms with E-state index in [4.69, 9.17) is 0 Å². The van der Waals surface area contributed by atoms with E-state index in [0.29, 0.717) is 5.69 Å².